The van der Waals surface area contributed by atoms with Gasteiger partial charge in [-0.25, -0.2) is 0 Å². The lowest BCUT2D eigenvalue weighted by molar-refractivity contribution is 0.0117. The third kappa shape index (κ3) is 3.92. The molecule has 1 saturated heterocycles. The minimum Gasteiger partial charge on any atom is -0.386 e. The van der Waals surface area contributed by atoms with Crippen LogP contribution in [0.1, 0.15) is 36.0 Å². The van der Waals surface area contributed by atoms with Crippen LogP contribution < -0.4 is 10.6 Å². The first kappa shape index (κ1) is 13.8. The SMILES string of the molecule is CNc1cnccc1C(=O)NCCC1CCCCO1. The molecule has 2 N–H and O–H groups in total. The Bertz CT molecular complexity index is 417. The zero-order valence-corrected chi connectivity index (χ0v) is 11.3. The number of pyridine rings is 1. The number of anilines is 1. The molecule has 2 heterocycles. The van der Waals surface area contributed by atoms with Crippen LogP contribution in [0.4, 0.5) is 5.69 Å². The molecule has 104 valence electrons. The van der Waals surface area contributed by atoms with Crippen molar-refractivity contribution in [3.05, 3.63) is 24.0 Å². The van der Waals surface area contributed by atoms with Gasteiger partial charge in [-0.15, -0.1) is 0 Å². The van der Waals surface area contributed by atoms with Crippen LogP contribution in [0, 0.1) is 0 Å². The first-order chi connectivity index (χ1) is 9.31. The summed E-state index contributed by atoms with van der Waals surface area (Å²) in [7, 11) is 1.78. The molecule has 1 aliphatic rings. The van der Waals surface area contributed by atoms with Crippen molar-refractivity contribution in [1.82, 2.24) is 10.3 Å². The second-order valence-corrected chi connectivity index (χ2v) is 4.70. The molecule has 0 saturated carbocycles. The number of hydrogen-bond donors (Lipinski definition) is 2. The second-order valence-electron chi connectivity index (χ2n) is 4.70. The fraction of sp³-hybridized carbons (Fsp3) is 0.571. The van der Waals surface area contributed by atoms with E-state index in [4.69, 9.17) is 4.74 Å². The van der Waals surface area contributed by atoms with Crippen LogP contribution in [0.3, 0.4) is 0 Å². The monoisotopic (exact) mass is 263 g/mol. The van der Waals surface area contributed by atoms with Gasteiger partial charge in [0, 0.05) is 26.4 Å². The lowest BCUT2D eigenvalue weighted by Crippen LogP contribution is -2.29. The quantitative estimate of drug-likeness (QED) is 0.850. The summed E-state index contributed by atoms with van der Waals surface area (Å²) in [6.07, 6.45) is 7.95. The molecule has 1 aliphatic heterocycles. The van der Waals surface area contributed by atoms with E-state index in [0.29, 0.717) is 18.2 Å². The largest absolute Gasteiger partial charge is 0.386 e. The van der Waals surface area contributed by atoms with Gasteiger partial charge in [0.1, 0.15) is 0 Å². The zero-order valence-electron chi connectivity index (χ0n) is 11.3. The summed E-state index contributed by atoms with van der Waals surface area (Å²) in [6.45, 7) is 1.50. The van der Waals surface area contributed by atoms with Gasteiger partial charge in [0.2, 0.25) is 0 Å². The highest BCUT2D eigenvalue weighted by molar-refractivity contribution is 5.99. The van der Waals surface area contributed by atoms with Crippen LogP contribution >= 0.6 is 0 Å². The van der Waals surface area contributed by atoms with E-state index in [1.165, 1.54) is 6.42 Å². The van der Waals surface area contributed by atoms with E-state index in [2.05, 4.69) is 15.6 Å². The summed E-state index contributed by atoms with van der Waals surface area (Å²) < 4.78 is 5.64. The van der Waals surface area contributed by atoms with E-state index in [9.17, 15) is 4.79 Å². The molecule has 0 spiro atoms. The van der Waals surface area contributed by atoms with Gasteiger partial charge in [0.25, 0.3) is 5.91 Å². The third-order valence-corrected chi connectivity index (χ3v) is 3.36. The molecule has 0 radical (unpaired) electrons. The molecule has 19 heavy (non-hydrogen) atoms. The van der Waals surface area contributed by atoms with Crippen LogP contribution in [0.5, 0.6) is 0 Å². The maximum atomic E-state index is 12.0. The van der Waals surface area contributed by atoms with Gasteiger partial charge in [-0.3, -0.25) is 9.78 Å². The molecule has 5 nitrogen and oxygen atoms in total. The number of nitrogens with zero attached hydrogens (tertiary/aromatic N) is 1. The number of carbonyl (C=O) groups excluding carboxylic acids is 1. The Morgan fingerprint density at radius 1 is 1.53 bits per heavy atom. The van der Waals surface area contributed by atoms with Gasteiger partial charge in [-0.05, 0) is 31.7 Å². The minimum absolute atomic E-state index is 0.0671. The number of aromatic nitrogens is 1. The molecule has 1 fully saturated rings. The van der Waals surface area contributed by atoms with Crippen molar-refractivity contribution in [3.8, 4) is 0 Å². The third-order valence-electron chi connectivity index (χ3n) is 3.36. The summed E-state index contributed by atoms with van der Waals surface area (Å²) in [5.41, 5.74) is 1.37. The van der Waals surface area contributed by atoms with E-state index in [0.717, 1.165) is 31.6 Å². The van der Waals surface area contributed by atoms with E-state index in [-0.39, 0.29) is 5.91 Å². The van der Waals surface area contributed by atoms with Gasteiger partial charge in [0.05, 0.1) is 23.6 Å². The Balaban J connectivity index is 1.80. The molecule has 1 aromatic heterocycles. The molecule has 5 heteroatoms. The Morgan fingerprint density at radius 2 is 2.42 bits per heavy atom. The van der Waals surface area contributed by atoms with E-state index in [1.54, 1.807) is 25.5 Å². The van der Waals surface area contributed by atoms with Crippen LogP contribution in [0.15, 0.2) is 18.5 Å². The van der Waals surface area contributed by atoms with E-state index >= 15 is 0 Å². The van der Waals surface area contributed by atoms with Crippen molar-refractivity contribution in [3.63, 3.8) is 0 Å². The van der Waals surface area contributed by atoms with Crippen molar-refractivity contribution in [1.29, 1.82) is 0 Å². The van der Waals surface area contributed by atoms with Crippen LogP contribution in [0.2, 0.25) is 0 Å². The molecule has 1 aromatic rings. The smallest absolute Gasteiger partial charge is 0.253 e. The second kappa shape index (κ2) is 7.09. The van der Waals surface area contributed by atoms with Crippen molar-refractivity contribution in [2.24, 2.45) is 0 Å². The highest BCUT2D eigenvalue weighted by Crippen LogP contribution is 2.15. The standard InChI is InChI=1S/C14H21N3O2/c1-15-13-10-16-7-6-12(13)14(18)17-8-5-11-4-2-3-9-19-11/h6-7,10-11,15H,2-5,8-9H2,1H3,(H,17,18). The molecule has 0 bridgehead atoms. The van der Waals surface area contributed by atoms with Crippen LogP contribution in [-0.2, 0) is 4.74 Å². The van der Waals surface area contributed by atoms with Crippen molar-refractivity contribution < 1.29 is 9.53 Å². The topological polar surface area (TPSA) is 63.2 Å². The first-order valence-corrected chi connectivity index (χ1v) is 6.83. The lowest BCUT2D eigenvalue weighted by atomic mass is 10.1. The highest BCUT2D eigenvalue weighted by Gasteiger charge is 2.15. The number of carbonyl (C=O) groups is 1. The Hall–Kier alpha value is -1.62. The van der Waals surface area contributed by atoms with E-state index < -0.39 is 0 Å². The average Bonchev–Trinajstić information content (AvgIpc) is 2.48. The molecule has 0 aromatic carbocycles. The molecule has 2 rings (SSSR count). The fourth-order valence-electron chi connectivity index (χ4n) is 2.27. The Morgan fingerprint density at radius 3 is 3.16 bits per heavy atom. The normalized spacial score (nSPS) is 18.9. The number of ether oxygens (including phenoxy) is 1. The average molecular weight is 263 g/mol. The molecular formula is C14H21N3O2. The summed E-state index contributed by atoms with van der Waals surface area (Å²) in [5, 5.41) is 5.90. The maximum Gasteiger partial charge on any atom is 0.253 e. The van der Waals surface area contributed by atoms with Gasteiger partial charge >= 0.3 is 0 Å². The highest BCUT2D eigenvalue weighted by atomic mass is 16.5. The van der Waals surface area contributed by atoms with Crippen molar-refractivity contribution in [2.45, 2.75) is 31.8 Å². The minimum atomic E-state index is -0.0671. The van der Waals surface area contributed by atoms with Crippen molar-refractivity contribution >= 4 is 11.6 Å². The number of amides is 1. The maximum absolute atomic E-state index is 12.0. The fourth-order valence-corrected chi connectivity index (χ4v) is 2.27. The summed E-state index contributed by atoms with van der Waals surface area (Å²) in [5.74, 6) is -0.0671. The summed E-state index contributed by atoms with van der Waals surface area (Å²) >= 11 is 0. The van der Waals surface area contributed by atoms with E-state index in [1.807, 2.05) is 0 Å². The van der Waals surface area contributed by atoms with Gasteiger partial charge in [-0.2, -0.15) is 0 Å². The number of rotatable bonds is 5. The molecular weight excluding hydrogens is 242 g/mol. The Kier molecular flexibility index (Phi) is 5.15. The summed E-state index contributed by atoms with van der Waals surface area (Å²) in [4.78, 5) is 16.0. The first-order valence-electron chi connectivity index (χ1n) is 6.83. The molecule has 1 amide bonds. The van der Waals surface area contributed by atoms with Gasteiger partial charge < -0.3 is 15.4 Å². The number of hydrogen-bond acceptors (Lipinski definition) is 4. The predicted octanol–water partition coefficient (Wildman–Crippen LogP) is 1.81. The van der Waals surface area contributed by atoms with Crippen LogP contribution in [0.25, 0.3) is 0 Å². The lowest BCUT2D eigenvalue weighted by Gasteiger charge is -2.22. The molecule has 0 aliphatic carbocycles. The van der Waals surface area contributed by atoms with Gasteiger partial charge in [0.15, 0.2) is 0 Å². The summed E-state index contributed by atoms with van der Waals surface area (Å²) in [6, 6.07) is 1.72. The molecule has 1 unspecified atom stereocenters. The van der Waals surface area contributed by atoms with Crippen molar-refractivity contribution in [2.75, 3.05) is 25.5 Å². The number of nitrogens with one attached hydrogen (secondary N) is 2. The zero-order chi connectivity index (χ0) is 13.5. The van der Waals surface area contributed by atoms with Crippen LogP contribution in [-0.4, -0.2) is 37.2 Å². The van der Waals surface area contributed by atoms with Gasteiger partial charge in [-0.1, -0.05) is 0 Å². The predicted molar refractivity (Wildman–Crippen MR) is 74.3 cm³/mol. The Labute approximate surface area is 113 Å². The molecule has 1 atom stereocenters.